The molecule has 1 heterocycles. The topological polar surface area (TPSA) is 73.5 Å². The molecule has 26 heavy (non-hydrogen) atoms. The SMILES string of the molecule is COc1c(Br)cc(F)cc1NC(=O)CCCn1c(=O)oc2ccccc21. The Labute approximate surface area is 156 Å². The van der Waals surface area contributed by atoms with Crippen LogP contribution in [0.15, 0.2) is 50.1 Å². The van der Waals surface area contributed by atoms with Crippen LogP contribution in [0.1, 0.15) is 12.8 Å². The number of methoxy groups -OCH3 is 1. The van der Waals surface area contributed by atoms with E-state index < -0.39 is 11.6 Å². The van der Waals surface area contributed by atoms with E-state index in [1.807, 2.05) is 6.07 Å². The third-order valence-electron chi connectivity index (χ3n) is 3.85. The van der Waals surface area contributed by atoms with E-state index >= 15 is 0 Å². The molecule has 0 unspecified atom stereocenters. The first kappa shape index (κ1) is 18.2. The van der Waals surface area contributed by atoms with Gasteiger partial charge in [0.05, 0.1) is 22.8 Å². The number of halogens is 2. The number of fused-ring (bicyclic) bond motifs is 1. The molecule has 0 spiro atoms. The maximum Gasteiger partial charge on any atom is 0.419 e. The second-order valence-electron chi connectivity index (χ2n) is 5.61. The third kappa shape index (κ3) is 3.80. The molecule has 1 amide bonds. The molecule has 0 saturated carbocycles. The van der Waals surface area contributed by atoms with E-state index in [9.17, 15) is 14.0 Å². The summed E-state index contributed by atoms with van der Waals surface area (Å²) in [6.07, 6.45) is 0.581. The summed E-state index contributed by atoms with van der Waals surface area (Å²) in [5, 5.41) is 2.63. The van der Waals surface area contributed by atoms with Crippen molar-refractivity contribution in [3.63, 3.8) is 0 Å². The van der Waals surface area contributed by atoms with Crippen molar-refractivity contribution in [1.82, 2.24) is 4.57 Å². The fraction of sp³-hybridized carbons (Fsp3) is 0.222. The molecule has 0 saturated heterocycles. The van der Waals surface area contributed by atoms with E-state index in [0.717, 1.165) is 0 Å². The van der Waals surface area contributed by atoms with Gasteiger partial charge in [-0.25, -0.2) is 9.18 Å². The van der Waals surface area contributed by atoms with Crippen LogP contribution >= 0.6 is 15.9 Å². The van der Waals surface area contributed by atoms with Gasteiger partial charge in [0.15, 0.2) is 11.3 Å². The maximum atomic E-state index is 13.5. The summed E-state index contributed by atoms with van der Waals surface area (Å²) in [6.45, 7) is 0.341. The van der Waals surface area contributed by atoms with Gasteiger partial charge in [-0.05, 0) is 40.5 Å². The van der Waals surface area contributed by atoms with Crippen LogP contribution in [0.5, 0.6) is 5.75 Å². The Hall–Kier alpha value is -2.61. The first-order chi connectivity index (χ1) is 12.5. The number of nitrogens with zero attached hydrogens (tertiary/aromatic N) is 1. The number of anilines is 1. The highest BCUT2D eigenvalue weighted by Crippen LogP contribution is 2.34. The first-order valence-corrected chi connectivity index (χ1v) is 8.70. The number of para-hydroxylation sites is 2. The molecule has 0 bridgehead atoms. The summed E-state index contributed by atoms with van der Waals surface area (Å²) in [4.78, 5) is 24.1. The van der Waals surface area contributed by atoms with Crippen molar-refractivity contribution in [2.75, 3.05) is 12.4 Å². The van der Waals surface area contributed by atoms with E-state index in [1.165, 1.54) is 23.8 Å². The molecule has 0 atom stereocenters. The average molecular weight is 423 g/mol. The second-order valence-corrected chi connectivity index (χ2v) is 6.46. The van der Waals surface area contributed by atoms with E-state index in [2.05, 4.69) is 21.2 Å². The quantitative estimate of drug-likeness (QED) is 0.652. The van der Waals surface area contributed by atoms with Gasteiger partial charge < -0.3 is 14.5 Å². The lowest BCUT2D eigenvalue weighted by atomic mass is 10.2. The van der Waals surface area contributed by atoms with Crippen LogP contribution in [0.4, 0.5) is 10.1 Å². The van der Waals surface area contributed by atoms with Crippen molar-refractivity contribution < 1.29 is 18.3 Å². The van der Waals surface area contributed by atoms with Gasteiger partial charge >= 0.3 is 5.76 Å². The number of hydrogen-bond donors (Lipinski definition) is 1. The molecule has 0 fully saturated rings. The number of carbonyl (C=O) groups excluding carboxylic acids is 1. The van der Waals surface area contributed by atoms with Crippen LogP contribution in [0.3, 0.4) is 0 Å². The minimum atomic E-state index is -0.496. The average Bonchev–Trinajstić information content (AvgIpc) is 2.90. The monoisotopic (exact) mass is 422 g/mol. The van der Waals surface area contributed by atoms with Gasteiger partial charge in [-0.2, -0.15) is 0 Å². The highest BCUT2D eigenvalue weighted by Gasteiger charge is 2.14. The smallest absolute Gasteiger partial charge is 0.419 e. The number of aromatic nitrogens is 1. The Morgan fingerprint density at radius 1 is 1.35 bits per heavy atom. The highest BCUT2D eigenvalue weighted by molar-refractivity contribution is 9.10. The Morgan fingerprint density at radius 3 is 2.88 bits per heavy atom. The summed E-state index contributed by atoms with van der Waals surface area (Å²) in [7, 11) is 1.43. The largest absolute Gasteiger partial charge is 0.493 e. The van der Waals surface area contributed by atoms with Crippen LogP contribution < -0.4 is 15.8 Å². The summed E-state index contributed by atoms with van der Waals surface area (Å²) in [5.41, 5.74) is 1.44. The van der Waals surface area contributed by atoms with Crippen LogP contribution in [0.2, 0.25) is 0 Å². The lowest BCUT2D eigenvalue weighted by molar-refractivity contribution is -0.116. The summed E-state index contributed by atoms with van der Waals surface area (Å²) in [6, 6.07) is 9.55. The van der Waals surface area contributed by atoms with Gasteiger partial charge in [-0.15, -0.1) is 0 Å². The van der Waals surface area contributed by atoms with Gasteiger partial charge in [-0.1, -0.05) is 12.1 Å². The van der Waals surface area contributed by atoms with E-state index in [4.69, 9.17) is 9.15 Å². The molecule has 0 aliphatic rings. The molecule has 3 aromatic rings. The molecule has 0 aliphatic heterocycles. The summed E-state index contributed by atoms with van der Waals surface area (Å²) < 4.78 is 25.8. The highest BCUT2D eigenvalue weighted by atomic mass is 79.9. The van der Waals surface area contributed by atoms with E-state index in [-0.39, 0.29) is 18.0 Å². The number of nitrogens with one attached hydrogen (secondary N) is 1. The molecule has 3 rings (SSSR count). The van der Waals surface area contributed by atoms with Crippen LogP contribution in [0, 0.1) is 5.82 Å². The number of hydrogen-bond acceptors (Lipinski definition) is 4. The fourth-order valence-electron chi connectivity index (χ4n) is 2.70. The molecule has 8 heteroatoms. The summed E-state index contributed by atoms with van der Waals surface area (Å²) in [5.74, 6) is -0.912. The number of carbonyl (C=O) groups is 1. The van der Waals surface area contributed by atoms with Gasteiger partial charge in [0.1, 0.15) is 5.82 Å². The van der Waals surface area contributed by atoms with Crippen molar-refractivity contribution in [2.45, 2.75) is 19.4 Å². The predicted molar refractivity (Wildman–Crippen MR) is 99.0 cm³/mol. The molecule has 0 aliphatic carbocycles. The van der Waals surface area contributed by atoms with Gasteiger partial charge in [-0.3, -0.25) is 9.36 Å². The Kier molecular flexibility index (Phi) is 5.41. The Morgan fingerprint density at radius 2 is 2.12 bits per heavy atom. The number of benzene rings is 2. The normalized spacial score (nSPS) is 10.9. The van der Waals surface area contributed by atoms with Crippen molar-refractivity contribution in [3.05, 3.63) is 57.2 Å². The van der Waals surface area contributed by atoms with Gasteiger partial charge in [0.25, 0.3) is 0 Å². The van der Waals surface area contributed by atoms with Crippen molar-refractivity contribution in [2.24, 2.45) is 0 Å². The van der Waals surface area contributed by atoms with E-state index in [0.29, 0.717) is 34.3 Å². The summed E-state index contributed by atoms with van der Waals surface area (Å²) >= 11 is 3.19. The molecule has 136 valence electrons. The molecule has 6 nitrogen and oxygen atoms in total. The number of aryl methyl sites for hydroxylation is 1. The zero-order chi connectivity index (χ0) is 18.7. The molecule has 2 aromatic carbocycles. The molecular formula is C18H16BrFN2O4. The van der Waals surface area contributed by atoms with Gasteiger partial charge in [0, 0.05) is 19.0 Å². The lowest BCUT2D eigenvalue weighted by Gasteiger charge is -2.12. The lowest BCUT2D eigenvalue weighted by Crippen LogP contribution is -2.17. The third-order valence-corrected chi connectivity index (χ3v) is 4.43. The minimum Gasteiger partial charge on any atom is -0.493 e. The maximum absolute atomic E-state index is 13.5. The van der Waals surface area contributed by atoms with Crippen LogP contribution in [-0.2, 0) is 11.3 Å². The zero-order valence-corrected chi connectivity index (χ0v) is 15.5. The number of ether oxygens (including phenoxy) is 1. The Balaban J connectivity index is 1.65. The van der Waals surface area contributed by atoms with E-state index in [1.54, 1.807) is 18.2 Å². The standard InChI is InChI=1S/C18H16BrFN2O4/c1-25-17-12(19)9-11(20)10-13(17)21-16(23)7-4-8-22-14-5-2-3-6-15(14)26-18(22)24/h2-3,5-6,9-10H,4,7-8H2,1H3,(H,21,23). The predicted octanol–water partition coefficient (Wildman–Crippen LogP) is 3.92. The van der Waals surface area contributed by atoms with Crippen LogP contribution in [-0.4, -0.2) is 17.6 Å². The number of oxazole rings is 1. The van der Waals surface area contributed by atoms with Crippen molar-refractivity contribution in [3.8, 4) is 5.75 Å². The zero-order valence-electron chi connectivity index (χ0n) is 13.9. The van der Waals surface area contributed by atoms with Gasteiger partial charge in [0.2, 0.25) is 5.91 Å². The number of amides is 1. The molecule has 0 radical (unpaired) electrons. The first-order valence-electron chi connectivity index (χ1n) is 7.91. The minimum absolute atomic E-state index is 0.156. The fourth-order valence-corrected chi connectivity index (χ4v) is 3.29. The van der Waals surface area contributed by atoms with Crippen LogP contribution in [0.25, 0.3) is 11.1 Å². The second kappa shape index (κ2) is 7.74. The Bertz CT molecular complexity index is 1010. The van der Waals surface area contributed by atoms with Crippen molar-refractivity contribution in [1.29, 1.82) is 0 Å². The number of rotatable bonds is 6. The molecule has 1 N–H and O–H groups in total. The molecular weight excluding hydrogens is 407 g/mol. The molecule has 1 aromatic heterocycles. The van der Waals surface area contributed by atoms with Crippen molar-refractivity contribution >= 4 is 38.6 Å².